The molecule has 0 unspecified atom stereocenters. The SMILES string of the molecule is CCC(CC)C(=O)N1CCc2c(c(-c3ncc[nH]3)nn2Cc2ccccc2)C1. The van der Waals surface area contributed by atoms with Crippen molar-refractivity contribution >= 4 is 5.91 Å². The molecule has 0 bridgehead atoms. The van der Waals surface area contributed by atoms with E-state index in [1.165, 1.54) is 11.3 Å². The van der Waals surface area contributed by atoms with Gasteiger partial charge < -0.3 is 9.88 Å². The molecule has 2 aromatic heterocycles. The van der Waals surface area contributed by atoms with Crippen LogP contribution in [0.3, 0.4) is 0 Å². The molecular formula is C22H27N5O. The van der Waals surface area contributed by atoms with Crippen LogP contribution in [0, 0.1) is 5.92 Å². The van der Waals surface area contributed by atoms with Gasteiger partial charge in [-0.2, -0.15) is 5.10 Å². The first-order valence-corrected chi connectivity index (χ1v) is 10.1. The molecule has 0 spiro atoms. The average Bonchev–Trinajstić information content (AvgIpc) is 3.37. The van der Waals surface area contributed by atoms with Gasteiger partial charge in [0, 0.05) is 49.1 Å². The highest BCUT2D eigenvalue weighted by Gasteiger charge is 2.30. The third-order valence-electron chi connectivity index (χ3n) is 5.68. The van der Waals surface area contributed by atoms with Crippen molar-refractivity contribution in [1.82, 2.24) is 24.6 Å². The minimum Gasteiger partial charge on any atom is -0.343 e. The number of nitrogens with one attached hydrogen (secondary N) is 1. The fraction of sp³-hybridized carbons (Fsp3) is 0.409. The van der Waals surface area contributed by atoms with E-state index in [9.17, 15) is 4.79 Å². The van der Waals surface area contributed by atoms with Crippen molar-refractivity contribution in [3.63, 3.8) is 0 Å². The zero-order chi connectivity index (χ0) is 19.5. The van der Waals surface area contributed by atoms with Crippen molar-refractivity contribution in [3.05, 3.63) is 59.5 Å². The first kappa shape index (κ1) is 18.5. The number of H-pyrrole nitrogens is 1. The molecule has 6 heteroatoms. The summed E-state index contributed by atoms with van der Waals surface area (Å²) in [5.41, 5.74) is 4.41. The van der Waals surface area contributed by atoms with Crippen LogP contribution in [0.4, 0.5) is 0 Å². The molecule has 1 amide bonds. The van der Waals surface area contributed by atoms with Gasteiger partial charge in [-0.15, -0.1) is 0 Å². The van der Waals surface area contributed by atoms with Crippen molar-refractivity contribution < 1.29 is 4.79 Å². The number of carbonyl (C=O) groups excluding carboxylic acids is 1. The van der Waals surface area contributed by atoms with E-state index in [0.29, 0.717) is 6.54 Å². The molecule has 6 nitrogen and oxygen atoms in total. The Morgan fingerprint density at radius 2 is 2.00 bits per heavy atom. The molecule has 0 saturated carbocycles. The van der Waals surface area contributed by atoms with Gasteiger partial charge in [0.25, 0.3) is 0 Å². The second kappa shape index (κ2) is 8.00. The highest BCUT2D eigenvalue weighted by Crippen LogP contribution is 2.30. The van der Waals surface area contributed by atoms with Gasteiger partial charge in [-0.05, 0) is 18.4 Å². The van der Waals surface area contributed by atoms with Crippen LogP contribution >= 0.6 is 0 Å². The number of hydrogen-bond donors (Lipinski definition) is 1. The quantitative estimate of drug-likeness (QED) is 0.713. The largest absolute Gasteiger partial charge is 0.343 e. The van der Waals surface area contributed by atoms with E-state index >= 15 is 0 Å². The summed E-state index contributed by atoms with van der Waals surface area (Å²) in [5, 5.41) is 4.89. The van der Waals surface area contributed by atoms with Gasteiger partial charge in [0.15, 0.2) is 5.82 Å². The minimum absolute atomic E-state index is 0.105. The number of nitrogens with zero attached hydrogens (tertiary/aromatic N) is 4. The van der Waals surface area contributed by atoms with Crippen molar-refractivity contribution in [2.45, 2.75) is 46.2 Å². The molecule has 0 radical (unpaired) electrons. The van der Waals surface area contributed by atoms with E-state index in [0.717, 1.165) is 49.4 Å². The summed E-state index contributed by atoms with van der Waals surface area (Å²) in [6.07, 6.45) is 6.15. The lowest BCUT2D eigenvalue weighted by Gasteiger charge is -2.30. The Hall–Kier alpha value is -2.89. The van der Waals surface area contributed by atoms with E-state index in [4.69, 9.17) is 5.10 Å². The summed E-state index contributed by atoms with van der Waals surface area (Å²) in [6, 6.07) is 10.4. The molecule has 28 heavy (non-hydrogen) atoms. The van der Waals surface area contributed by atoms with Crippen molar-refractivity contribution in [2.24, 2.45) is 5.92 Å². The number of hydrogen-bond acceptors (Lipinski definition) is 3. The number of aromatic nitrogens is 4. The molecule has 1 aliphatic rings. The molecule has 1 N–H and O–H groups in total. The van der Waals surface area contributed by atoms with Gasteiger partial charge in [-0.1, -0.05) is 44.2 Å². The maximum Gasteiger partial charge on any atom is 0.225 e. The molecule has 0 fully saturated rings. The Bertz CT molecular complexity index is 926. The average molecular weight is 377 g/mol. The Labute approximate surface area is 165 Å². The smallest absolute Gasteiger partial charge is 0.225 e. The molecule has 146 valence electrons. The highest BCUT2D eigenvalue weighted by atomic mass is 16.2. The van der Waals surface area contributed by atoms with E-state index < -0.39 is 0 Å². The first-order chi connectivity index (χ1) is 13.7. The van der Waals surface area contributed by atoms with Gasteiger partial charge in [0.1, 0.15) is 5.69 Å². The van der Waals surface area contributed by atoms with Gasteiger partial charge in [-0.3, -0.25) is 9.48 Å². The van der Waals surface area contributed by atoms with Crippen LogP contribution in [0.5, 0.6) is 0 Å². The summed E-state index contributed by atoms with van der Waals surface area (Å²) < 4.78 is 2.08. The number of benzene rings is 1. The molecule has 3 aromatic rings. The zero-order valence-corrected chi connectivity index (χ0v) is 16.6. The lowest BCUT2D eigenvalue weighted by molar-refractivity contribution is -0.136. The maximum absolute atomic E-state index is 12.9. The lowest BCUT2D eigenvalue weighted by Crippen LogP contribution is -2.40. The summed E-state index contributed by atoms with van der Waals surface area (Å²) in [5.74, 6) is 1.13. The third kappa shape index (κ3) is 3.46. The highest BCUT2D eigenvalue weighted by molar-refractivity contribution is 5.79. The van der Waals surface area contributed by atoms with Crippen LogP contribution in [0.15, 0.2) is 42.7 Å². The fourth-order valence-electron chi connectivity index (χ4n) is 4.05. The predicted octanol–water partition coefficient (Wildman–Crippen LogP) is 3.64. The zero-order valence-electron chi connectivity index (χ0n) is 16.6. The van der Waals surface area contributed by atoms with Crippen molar-refractivity contribution in [3.8, 4) is 11.5 Å². The Morgan fingerprint density at radius 3 is 2.68 bits per heavy atom. The topological polar surface area (TPSA) is 66.8 Å². The summed E-state index contributed by atoms with van der Waals surface area (Å²) in [6.45, 7) is 6.27. The second-order valence-electron chi connectivity index (χ2n) is 7.38. The van der Waals surface area contributed by atoms with Gasteiger partial charge in [0.05, 0.1) is 6.54 Å². The van der Waals surface area contributed by atoms with E-state index in [1.807, 2.05) is 17.2 Å². The molecule has 3 heterocycles. The summed E-state index contributed by atoms with van der Waals surface area (Å²) in [4.78, 5) is 22.5. The maximum atomic E-state index is 12.9. The summed E-state index contributed by atoms with van der Waals surface area (Å²) in [7, 11) is 0. The lowest BCUT2D eigenvalue weighted by atomic mass is 9.98. The van der Waals surface area contributed by atoms with Gasteiger partial charge in [0.2, 0.25) is 5.91 Å². The van der Waals surface area contributed by atoms with Crippen LogP contribution in [0.1, 0.15) is 43.5 Å². The molecule has 4 rings (SSSR count). The second-order valence-corrected chi connectivity index (χ2v) is 7.38. The molecule has 1 aliphatic heterocycles. The Kier molecular flexibility index (Phi) is 5.28. The number of imidazole rings is 1. The van der Waals surface area contributed by atoms with Crippen LogP contribution in [-0.2, 0) is 24.3 Å². The fourth-order valence-corrected chi connectivity index (χ4v) is 4.05. The monoisotopic (exact) mass is 377 g/mol. The van der Waals surface area contributed by atoms with Gasteiger partial charge >= 0.3 is 0 Å². The number of carbonyl (C=O) groups is 1. The molecular weight excluding hydrogens is 350 g/mol. The van der Waals surface area contributed by atoms with Crippen LogP contribution in [-0.4, -0.2) is 37.1 Å². The van der Waals surface area contributed by atoms with E-state index in [-0.39, 0.29) is 11.8 Å². The third-order valence-corrected chi connectivity index (χ3v) is 5.68. The molecule has 0 aliphatic carbocycles. The standard InChI is InChI=1S/C22H27N5O/c1-3-17(4-2)22(28)26-13-10-19-18(15-26)20(21-23-11-12-24-21)25-27(19)14-16-8-6-5-7-9-16/h5-9,11-12,17H,3-4,10,13-15H2,1-2H3,(H,23,24). The predicted molar refractivity (Wildman–Crippen MR) is 109 cm³/mol. The first-order valence-electron chi connectivity index (χ1n) is 10.1. The van der Waals surface area contributed by atoms with Crippen molar-refractivity contribution in [1.29, 1.82) is 0 Å². The number of aromatic amines is 1. The Balaban J connectivity index is 1.68. The van der Waals surface area contributed by atoms with Crippen LogP contribution in [0.25, 0.3) is 11.5 Å². The normalized spacial score (nSPS) is 13.8. The van der Waals surface area contributed by atoms with Crippen LogP contribution in [0.2, 0.25) is 0 Å². The molecule has 0 saturated heterocycles. The number of rotatable bonds is 6. The van der Waals surface area contributed by atoms with E-state index in [2.05, 4.69) is 52.8 Å². The molecule has 1 aromatic carbocycles. The Morgan fingerprint density at radius 1 is 1.21 bits per heavy atom. The van der Waals surface area contributed by atoms with Crippen molar-refractivity contribution in [2.75, 3.05) is 6.54 Å². The minimum atomic E-state index is 0.105. The van der Waals surface area contributed by atoms with Crippen LogP contribution < -0.4 is 0 Å². The summed E-state index contributed by atoms with van der Waals surface area (Å²) >= 11 is 0. The number of fused-ring (bicyclic) bond motifs is 1. The number of amides is 1. The van der Waals surface area contributed by atoms with E-state index in [1.54, 1.807) is 6.20 Å². The molecule has 0 atom stereocenters. The van der Waals surface area contributed by atoms with Gasteiger partial charge in [-0.25, -0.2) is 4.98 Å².